The molecular weight excluding hydrogens is 224 g/mol. The molecule has 92 valence electrons. The fourth-order valence-electron chi connectivity index (χ4n) is 1.91. The predicted molar refractivity (Wildman–Crippen MR) is 60.3 cm³/mol. The lowest BCUT2D eigenvalue weighted by atomic mass is 10.1. The van der Waals surface area contributed by atoms with E-state index in [-0.39, 0.29) is 17.3 Å². The summed E-state index contributed by atoms with van der Waals surface area (Å²) >= 11 is 0. The van der Waals surface area contributed by atoms with Gasteiger partial charge in [0.2, 0.25) is 0 Å². The van der Waals surface area contributed by atoms with Crippen LogP contribution in [0.3, 0.4) is 0 Å². The Hall–Kier alpha value is -1.69. The van der Waals surface area contributed by atoms with Crippen LogP contribution < -0.4 is 11.2 Å². The highest BCUT2D eigenvalue weighted by molar-refractivity contribution is 5.93. The van der Waals surface area contributed by atoms with E-state index in [1.165, 1.54) is 13.1 Å². The van der Waals surface area contributed by atoms with Gasteiger partial charge in [0.15, 0.2) is 5.78 Å². The molecule has 1 aromatic rings. The molecule has 17 heavy (non-hydrogen) atoms. The Morgan fingerprint density at radius 2 is 2.35 bits per heavy atom. The number of carbonyl (C=O) groups excluding carboxylic acids is 1. The van der Waals surface area contributed by atoms with Crippen LogP contribution in [0.15, 0.2) is 15.8 Å². The van der Waals surface area contributed by atoms with Gasteiger partial charge in [-0.1, -0.05) is 0 Å². The summed E-state index contributed by atoms with van der Waals surface area (Å²) in [5, 5.41) is 0. The lowest BCUT2D eigenvalue weighted by molar-refractivity contribution is 0.101. The first kappa shape index (κ1) is 11.8. The lowest BCUT2D eigenvalue weighted by Gasteiger charge is -2.09. The van der Waals surface area contributed by atoms with Gasteiger partial charge in [0.05, 0.1) is 12.2 Å². The molecule has 1 aliphatic rings. The first-order chi connectivity index (χ1) is 8.09. The Kier molecular flexibility index (Phi) is 3.23. The first-order valence-corrected chi connectivity index (χ1v) is 5.51. The molecule has 2 heterocycles. The van der Waals surface area contributed by atoms with Crippen molar-refractivity contribution in [3.8, 4) is 0 Å². The maximum absolute atomic E-state index is 11.9. The molecule has 1 aromatic heterocycles. The van der Waals surface area contributed by atoms with Crippen LogP contribution in [-0.2, 0) is 11.3 Å². The van der Waals surface area contributed by atoms with Gasteiger partial charge >= 0.3 is 5.69 Å². The highest BCUT2D eigenvalue weighted by Crippen LogP contribution is 2.12. The molecule has 0 bridgehead atoms. The second kappa shape index (κ2) is 4.67. The number of hydrogen-bond acceptors (Lipinski definition) is 4. The van der Waals surface area contributed by atoms with Gasteiger partial charge in [-0.15, -0.1) is 0 Å². The van der Waals surface area contributed by atoms with Crippen molar-refractivity contribution in [3.05, 3.63) is 32.6 Å². The van der Waals surface area contributed by atoms with Crippen molar-refractivity contribution in [2.24, 2.45) is 5.92 Å². The Labute approximate surface area is 97.2 Å². The average molecular weight is 238 g/mol. The number of hydrogen-bond donors (Lipinski definition) is 1. The normalized spacial score (nSPS) is 19.5. The van der Waals surface area contributed by atoms with Gasteiger partial charge in [0.25, 0.3) is 5.56 Å². The number of nitrogens with one attached hydrogen (secondary N) is 1. The number of H-pyrrole nitrogens is 1. The quantitative estimate of drug-likeness (QED) is 0.738. The summed E-state index contributed by atoms with van der Waals surface area (Å²) in [5.41, 5.74) is -0.983. The van der Waals surface area contributed by atoms with Crippen LogP contribution >= 0.6 is 0 Å². The second-order valence-electron chi connectivity index (χ2n) is 4.21. The molecule has 0 radical (unpaired) electrons. The SMILES string of the molecule is CC(=O)c1c[nH]c(=O)n(CC2CCOC2)c1=O. The molecule has 1 unspecified atom stereocenters. The van der Waals surface area contributed by atoms with Crippen LogP contribution in [0.2, 0.25) is 0 Å². The monoisotopic (exact) mass is 238 g/mol. The van der Waals surface area contributed by atoms with Crippen LogP contribution in [0.4, 0.5) is 0 Å². The largest absolute Gasteiger partial charge is 0.381 e. The van der Waals surface area contributed by atoms with Gasteiger partial charge in [-0.2, -0.15) is 0 Å². The zero-order valence-electron chi connectivity index (χ0n) is 9.56. The minimum absolute atomic E-state index is 0.0171. The van der Waals surface area contributed by atoms with Gasteiger partial charge in [0, 0.05) is 25.3 Å². The zero-order chi connectivity index (χ0) is 12.4. The van der Waals surface area contributed by atoms with Crippen LogP contribution in [0.1, 0.15) is 23.7 Å². The molecule has 2 rings (SSSR count). The van der Waals surface area contributed by atoms with E-state index in [1.807, 2.05) is 0 Å². The number of ether oxygens (including phenoxy) is 1. The molecule has 6 nitrogen and oxygen atoms in total. The summed E-state index contributed by atoms with van der Waals surface area (Å²) in [6, 6.07) is 0. The van der Waals surface area contributed by atoms with Crippen LogP contribution in [0, 0.1) is 5.92 Å². The van der Waals surface area contributed by atoms with Crippen molar-refractivity contribution in [3.63, 3.8) is 0 Å². The van der Waals surface area contributed by atoms with Gasteiger partial charge < -0.3 is 9.72 Å². The molecule has 1 saturated heterocycles. The van der Waals surface area contributed by atoms with Gasteiger partial charge in [0.1, 0.15) is 0 Å². The predicted octanol–water partition coefficient (Wildman–Crippen LogP) is -0.224. The third-order valence-corrected chi connectivity index (χ3v) is 2.90. The number of rotatable bonds is 3. The molecule has 0 aliphatic carbocycles. The summed E-state index contributed by atoms with van der Waals surface area (Å²) in [7, 11) is 0. The summed E-state index contributed by atoms with van der Waals surface area (Å²) in [5.74, 6) is -0.182. The molecular formula is C11H14N2O4. The number of carbonyl (C=O) groups is 1. The van der Waals surface area contributed by atoms with Crippen molar-refractivity contribution in [2.75, 3.05) is 13.2 Å². The standard InChI is InChI=1S/C11H14N2O4/c1-7(14)9-4-12-11(16)13(10(9)15)5-8-2-3-17-6-8/h4,8H,2-3,5-6H2,1H3,(H,12,16). The van der Waals surface area contributed by atoms with Crippen molar-refractivity contribution in [2.45, 2.75) is 19.9 Å². The third kappa shape index (κ3) is 2.36. The Morgan fingerprint density at radius 1 is 1.59 bits per heavy atom. The smallest absolute Gasteiger partial charge is 0.328 e. The molecule has 0 amide bonds. The van der Waals surface area contributed by atoms with Gasteiger partial charge in [-0.05, 0) is 13.3 Å². The topological polar surface area (TPSA) is 81.2 Å². The third-order valence-electron chi connectivity index (χ3n) is 2.90. The van der Waals surface area contributed by atoms with Gasteiger partial charge in [-0.25, -0.2) is 4.79 Å². The van der Waals surface area contributed by atoms with Gasteiger partial charge in [-0.3, -0.25) is 14.2 Å². The fourth-order valence-corrected chi connectivity index (χ4v) is 1.91. The molecule has 1 atom stereocenters. The minimum Gasteiger partial charge on any atom is -0.381 e. The number of Topliss-reactive ketones (excluding diaryl/α,β-unsaturated/α-hetero) is 1. The number of ketones is 1. The minimum atomic E-state index is -0.520. The van der Waals surface area contributed by atoms with Crippen molar-refractivity contribution >= 4 is 5.78 Å². The van der Waals surface area contributed by atoms with E-state index in [2.05, 4.69) is 4.98 Å². The highest BCUT2D eigenvalue weighted by Gasteiger charge is 2.19. The number of nitrogens with zero attached hydrogens (tertiary/aromatic N) is 1. The summed E-state index contributed by atoms with van der Waals surface area (Å²) in [6.07, 6.45) is 2.00. The summed E-state index contributed by atoms with van der Waals surface area (Å²) in [4.78, 5) is 37.1. The lowest BCUT2D eigenvalue weighted by Crippen LogP contribution is -2.39. The van der Waals surface area contributed by atoms with Crippen molar-refractivity contribution in [1.29, 1.82) is 0 Å². The highest BCUT2D eigenvalue weighted by atomic mass is 16.5. The van der Waals surface area contributed by atoms with Crippen molar-refractivity contribution < 1.29 is 9.53 Å². The maximum atomic E-state index is 11.9. The number of aromatic amines is 1. The number of aromatic nitrogens is 2. The van der Waals surface area contributed by atoms with E-state index in [0.717, 1.165) is 11.0 Å². The van der Waals surface area contributed by atoms with E-state index in [1.54, 1.807) is 0 Å². The average Bonchev–Trinajstić information content (AvgIpc) is 2.76. The Balaban J connectivity index is 2.38. The second-order valence-corrected chi connectivity index (χ2v) is 4.21. The van der Waals surface area contributed by atoms with Crippen LogP contribution in [0.5, 0.6) is 0 Å². The molecule has 1 fully saturated rings. The van der Waals surface area contributed by atoms with E-state index < -0.39 is 11.2 Å². The fraction of sp³-hybridized carbons (Fsp3) is 0.545. The molecule has 1 N–H and O–H groups in total. The van der Waals surface area contributed by atoms with E-state index in [9.17, 15) is 14.4 Å². The summed E-state index contributed by atoms with van der Waals surface area (Å²) < 4.78 is 6.27. The molecule has 6 heteroatoms. The van der Waals surface area contributed by atoms with Crippen LogP contribution in [0.25, 0.3) is 0 Å². The maximum Gasteiger partial charge on any atom is 0.328 e. The van der Waals surface area contributed by atoms with Crippen molar-refractivity contribution in [1.82, 2.24) is 9.55 Å². The Morgan fingerprint density at radius 3 is 2.94 bits per heavy atom. The van der Waals surface area contributed by atoms with E-state index in [0.29, 0.717) is 19.8 Å². The molecule has 1 aliphatic heterocycles. The first-order valence-electron chi connectivity index (χ1n) is 5.51. The van der Waals surface area contributed by atoms with Crippen LogP contribution in [-0.4, -0.2) is 28.5 Å². The summed E-state index contributed by atoms with van der Waals surface area (Å²) in [6.45, 7) is 2.81. The zero-order valence-corrected chi connectivity index (χ0v) is 9.56. The molecule has 0 spiro atoms. The Bertz CT molecular complexity index is 537. The molecule has 0 aromatic carbocycles. The van der Waals surface area contributed by atoms with E-state index in [4.69, 9.17) is 4.74 Å². The molecule has 0 saturated carbocycles. The van der Waals surface area contributed by atoms with E-state index >= 15 is 0 Å².